The summed E-state index contributed by atoms with van der Waals surface area (Å²) in [5, 5.41) is 3.93. The topological polar surface area (TPSA) is 49.3 Å². The summed E-state index contributed by atoms with van der Waals surface area (Å²) in [6, 6.07) is 20.4. The van der Waals surface area contributed by atoms with E-state index in [9.17, 15) is 4.79 Å². The van der Waals surface area contributed by atoms with Gasteiger partial charge in [-0.1, -0.05) is 54.6 Å². The molecular formula is C24H22N4OS. The normalized spacial score (nSPS) is 14.9. The number of pyridine rings is 1. The van der Waals surface area contributed by atoms with Crippen LogP contribution in [0.1, 0.15) is 16.1 Å². The number of benzene rings is 2. The van der Waals surface area contributed by atoms with Gasteiger partial charge in [0.1, 0.15) is 10.7 Å². The van der Waals surface area contributed by atoms with E-state index in [2.05, 4.69) is 39.1 Å². The second-order valence-electron chi connectivity index (χ2n) is 7.46. The lowest BCUT2D eigenvalue weighted by Gasteiger charge is -2.34. The second kappa shape index (κ2) is 8.34. The predicted molar refractivity (Wildman–Crippen MR) is 120 cm³/mol. The Balaban J connectivity index is 1.23. The Morgan fingerprint density at radius 3 is 2.57 bits per heavy atom. The summed E-state index contributed by atoms with van der Waals surface area (Å²) in [5.41, 5.74) is 3.90. The first kappa shape index (κ1) is 18.9. The van der Waals surface area contributed by atoms with Crippen molar-refractivity contribution in [2.75, 3.05) is 26.2 Å². The number of amides is 1. The SMILES string of the molecule is O=C(c1csc(-c2ccccc2)n1)N1CCN(Cc2cccc3cccnc23)CC1. The van der Waals surface area contributed by atoms with Gasteiger partial charge < -0.3 is 4.90 Å². The first-order chi connectivity index (χ1) is 14.8. The standard InChI is InChI=1S/C24H22N4OS/c29-24(21-17-30-23(26-21)19-6-2-1-3-7-19)28-14-12-27(13-15-28)16-20-9-4-8-18-10-5-11-25-22(18)20/h1-11,17H,12-16H2. The van der Waals surface area contributed by atoms with Crippen molar-refractivity contribution in [2.24, 2.45) is 0 Å². The van der Waals surface area contributed by atoms with E-state index in [-0.39, 0.29) is 5.91 Å². The number of nitrogens with zero attached hydrogens (tertiary/aromatic N) is 4. The number of hydrogen-bond acceptors (Lipinski definition) is 5. The molecule has 5 rings (SSSR count). The summed E-state index contributed by atoms with van der Waals surface area (Å²) < 4.78 is 0. The van der Waals surface area contributed by atoms with Crippen LogP contribution in [0.2, 0.25) is 0 Å². The molecule has 0 aliphatic carbocycles. The number of piperazine rings is 1. The molecule has 5 nitrogen and oxygen atoms in total. The van der Waals surface area contributed by atoms with E-state index < -0.39 is 0 Å². The van der Waals surface area contributed by atoms with Gasteiger partial charge in [-0.3, -0.25) is 14.7 Å². The van der Waals surface area contributed by atoms with Gasteiger partial charge in [-0.25, -0.2) is 4.98 Å². The average molecular weight is 415 g/mol. The quantitative estimate of drug-likeness (QED) is 0.499. The van der Waals surface area contributed by atoms with Gasteiger partial charge in [-0.05, 0) is 11.6 Å². The monoisotopic (exact) mass is 414 g/mol. The van der Waals surface area contributed by atoms with Crippen molar-refractivity contribution in [2.45, 2.75) is 6.54 Å². The zero-order valence-corrected chi connectivity index (χ0v) is 17.4. The lowest BCUT2D eigenvalue weighted by molar-refractivity contribution is 0.0624. The van der Waals surface area contributed by atoms with Gasteiger partial charge in [0, 0.05) is 55.3 Å². The third kappa shape index (κ3) is 3.84. The molecule has 1 aliphatic rings. The van der Waals surface area contributed by atoms with Gasteiger partial charge in [0.25, 0.3) is 5.91 Å². The first-order valence-corrected chi connectivity index (χ1v) is 11.0. The van der Waals surface area contributed by atoms with Crippen LogP contribution in [0.25, 0.3) is 21.5 Å². The van der Waals surface area contributed by atoms with E-state index in [1.165, 1.54) is 22.3 Å². The fourth-order valence-corrected chi connectivity index (χ4v) is 4.69. The summed E-state index contributed by atoms with van der Waals surface area (Å²) in [7, 11) is 0. The van der Waals surface area contributed by atoms with E-state index >= 15 is 0 Å². The van der Waals surface area contributed by atoms with E-state index in [1.807, 2.05) is 52.9 Å². The summed E-state index contributed by atoms with van der Waals surface area (Å²) >= 11 is 1.52. The third-order valence-corrected chi connectivity index (χ3v) is 6.41. The molecule has 0 N–H and O–H groups in total. The molecule has 0 saturated carbocycles. The molecule has 2 aromatic carbocycles. The maximum atomic E-state index is 12.9. The van der Waals surface area contributed by atoms with Crippen LogP contribution in [0.4, 0.5) is 0 Å². The molecule has 0 atom stereocenters. The summed E-state index contributed by atoms with van der Waals surface area (Å²) in [6.07, 6.45) is 1.85. The number of carbonyl (C=O) groups excluding carboxylic acids is 1. The van der Waals surface area contributed by atoms with Crippen LogP contribution in [-0.2, 0) is 6.54 Å². The Hall–Kier alpha value is -3.09. The van der Waals surface area contributed by atoms with Crippen LogP contribution in [-0.4, -0.2) is 51.9 Å². The number of fused-ring (bicyclic) bond motifs is 1. The number of aromatic nitrogens is 2. The number of carbonyl (C=O) groups is 1. The second-order valence-corrected chi connectivity index (χ2v) is 8.32. The Labute approximate surface area is 179 Å². The van der Waals surface area contributed by atoms with Gasteiger partial charge in [0.05, 0.1) is 5.52 Å². The maximum Gasteiger partial charge on any atom is 0.273 e. The number of hydrogen-bond donors (Lipinski definition) is 0. The Bertz CT molecular complexity index is 1160. The van der Waals surface area contributed by atoms with E-state index in [0.717, 1.165) is 48.8 Å². The average Bonchev–Trinajstić information content (AvgIpc) is 3.30. The summed E-state index contributed by atoms with van der Waals surface area (Å²) in [6.45, 7) is 3.99. The Morgan fingerprint density at radius 2 is 1.73 bits per heavy atom. The van der Waals surface area contributed by atoms with Crippen LogP contribution in [0.5, 0.6) is 0 Å². The van der Waals surface area contributed by atoms with Crippen LogP contribution >= 0.6 is 11.3 Å². The van der Waals surface area contributed by atoms with E-state index in [1.54, 1.807) is 0 Å². The first-order valence-electron chi connectivity index (χ1n) is 10.1. The fraction of sp³-hybridized carbons (Fsp3) is 0.208. The highest BCUT2D eigenvalue weighted by Gasteiger charge is 2.24. The molecule has 0 unspecified atom stereocenters. The van der Waals surface area contributed by atoms with Gasteiger partial charge in [-0.15, -0.1) is 11.3 Å². The molecule has 30 heavy (non-hydrogen) atoms. The summed E-state index contributed by atoms with van der Waals surface area (Å²) in [5.74, 6) is 0.0277. The molecule has 1 aliphatic heterocycles. The minimum absolute atomic E-state index is 0.0277. The number of para-hydroxylation sites is 1. The zero-order valence-electron chi connectivity index (χ0n) is 16.6. The molecule has 0 bridgehead atoms. The van der Waals surface area contributed by atoms with E-state index in [0.29, 0.717) is 5.69 Å². The molecule has 2 aromatic heterocycles. The maximum absolute atomic E-state index is 12.9. The molecule has 1 amide bonds. The molecule has 6 heteroatoms. The molecule has 0 radical (unpaired) electrons. The third-order valence-electron chi connectivity index (χ3n) is 5.51. The van der Waals surface area contributed by atoms with Gasteiger partial charge in [0.2, 0.25) is 0 Å². The van der Waals surface area contributed by atoms with Crippen molar-refractivity contribution in [3.63, 3.8) is 0 Å². The molecule has 1 saturated heterocycles. The Kier molecular flexibility index (Phi) is 5.26. The highest BCUT2D eigenvalue weighted by molar-refractivity contribution is 7.13. The van der Waals surface area contributed by atoms with Crippen molar-refractivity contribution >= 4 is 28.1 Å². The van der Waals surface area contributed by atoms with Gasteiger partial charge in [0.15, 0.2) is 0 Å². The largest absolute Gasteiger partial charge is 0.335 e. The van der Waals surface area contributed by atoms with Crippen LogP contribution in [0.15, 0.2) is 72.2 Å². The predicted octanol–water partition coefficient (Wildman–Crippen LogP) is 4.32. The smallest absolute Gasteiger partial charge is 0.273 e. The fourth-order valence-electron chi connectivity index (χ4n) is 3.89. The van der Waals surface area contributed by atoms with Crippen LogP contribution in [0, 0.1) is 0 Å². The Morgan fingerprint density at radius 1 is 0.933 bits per heavy atom. The zero-order chi connectivity index (χ0) is 20.3. The van der Waals surface area contributed by atoms with Gasteiger partial charge >= 0.3 is 0 Å². The minimum Gasteiger partial charge on any atom is -0.335 e. The lowest BCUT2D eigenvalue weighted by Crippen LogP contribution is -2.48. The number of thiazole rings is 1. The van der Waals surface area contributed by atoms with Crippen molar-refractivity contribution < 1.29 is 4.79 Å². The van der Waals surface area contributed by atoms with Crippen molar-refractivity contribution in [3.8, 4) is 10.6 Å². The number of rotatable bonds is 4. The molecule has 3 heterocycles. The highest BCUT2D eigenvalue weighted by Crippen LogP contribution is 2.24. The molecule has 150 valence electrons. The minimum atomic E-state index is 0.0277. The molecule has 4 aromatic rings. The molecule has 1 fully saturated rings. The molecular weight excluding hydrogens is 392 g/mol. The summed E-state index contributed by atoms with van der Waals surface area (Å²) in [4.78, 5) is 26.4. The van der Waals surface area contributed by atoms with Crippen molar-refractivity contribution in [1.82, 2.24) is 19.8 Å². The van der Waals surface area contributed by atoms with Crippen LogP contribution < -0.4 is 0 Å². The lowest BCUT2D eigenvalue weighted by atomic mass is 10.1. The van der Waals surface area contributed by atoms with Crippen LogP contribution in [0.3, 0.4) is 0 Å². The van der Waals surface area contributed by atoms with E-state index in [4.69, 9.17) is 0 Å². The highest BCUT2D eigenvalue weighted by atomic mass is 32.1. The van der Waals surface area contributed by atoms with Crippen molar-refractivity contribution in [3.05, 3.63) is 83.5 Å². The van der Waals surface area contributed by atoms with Crippen molar-refractivity contribution in [1.29, 1.82) is 0 Å². The van der Waals surface area contributed by atoms with Gasteiger partial charge in [-0.2, -0.15) is 0 Å². The molecule has 0 spiro atoms.